The summed E-state index contributed by atoms with van der Waals surface area (Å²) in [6.07, 6.45) is 7.58. The van der Waals surface area contributed by atoms with Gasteiger partial charge in [-0.1, -0.05) is 81.1 Å². The predicted molar refractivity (Wildman–Crippen MR) is 105 cm³/mol. The maximum Gasteiger partial charge on any atom is 0.303 e. The molecule has 2 aromatic rings. The van der Waals surface area contributed by atoms with Gasteiger partial charge in [-0.25, -0.2) is 0 Å². The van der Waals surface area contributed by atoms with Gasteiger partial charge in [-0.15, -0.1) is 0 Å². The van der Waals surface area contributed by atoms with Crippen molar-refractivity contribution in [3.63, 3.8) is 0 Å². The van der Waals surface area contributed by atoms with E-state index < -0.39 is 0 Å². The minimum atomic E-state index is -0.248. The molecule has 2 rings (SSSR count). The second-order valence-corrected chi connectivity index (χ2v) is 6.73. The first-order valence-electron chi connectivity index (χ1n) is 9.46. The van der Waals surface area contributed by atoms with E-state index in [1.807, 2.05) is 19.1 Å². The largest absolute Gasteiger partial charge is 0.458 e. The van der Waals surface area contributed by atoms with Gasteiger partial charge in [-0.3, -0.25) is 4.79 Å². The summed E-state index contributed by atoms with van der Waals surface area (Å²) in [5.74, 6) is -0.248. The molecule has 0 saturated carbocycles. The zero-order valence-electron chi connectivity index (χ0n) is 15.8. The van der Waals surface area contributed by atoms with Gasteiger partial charge in [0.25, 0.3) is 0 Å². The second kappa shape index (κ2) is 10.0. The van der Waals surface area contributed by atoms with Gasteiger partial charge in [0, 0.05) is 6.92 Å². The SMILES string of the molecule is CCCCCCCc1ccc(-c2ccc(C(C)OC(C)=O)cc2)cc1. The Bertz CT molecular complexity index is 641. The van der Waals surface area contributed by atoms with Crippen molar-refractivity contribution < 1.29 is 9.53 Å². The van der Waals surface area contributed by atoms with Gasteiger partial charge in [0.15, 0.2) is 0 Å². The van der Waals surface area contributed by atoms with Crippen LogP contribution in [-0.2, 0) is 16.0 Å². The van der Waals surface area contributed by atoms with Gasteiger partial charge in [0.2, 0.25) is 0 Å². The Hall–Kier alpha value is -2.09. The highest BCUT2D eigenvalue weighted by Crippen LogP contribution is 2.24. The fourth-order valence-corrected chi connectivity index (χ4v) is 3.06. The normalized spacial score (nSPS) is 12.0. The van der Waals surface area contributed by atoms with Gasteiger partial charge in [0.1, 0.15) is 6.10 Å². The van der Waals surface area contributed by atoms with E-state index in [4.69, 9.17) is 4.74 Å². The number of benzene rings is 2. The van der Waals surface area contributed by atoms with Crippen molar-refractivity contribution in [3.05, 3.63) is 59.7 Å². The van der Waals surface area contributed by atoms with Crippen LogP contribution in [0.4, 0.5) is 0 Å². The molecule has 0 saturated heterocycles. The molecular formula is C23H30O2. The van der Waals surface area contributed by atoms with Crippen molar-refractivity contribution in [2.24, 2.45) is 0 Å². The fraction of sp³-hybridized carbons (Fsp3) is 0.435. The molecule has 0 aliphatic carbocycles. The molecular weight excluding hydrogens is 308 g/mol. The number of unbranched alkanes of at least 4 members (excludes halogenated alkanes) is 4. The summed E-state index contributed by atoms with van der Waals surface area (Å²) in [6.45, 7) is 5.59. The van der Waals surface area contributed by atoms with Crippen LogP contribution in [0, 0.1) is 0 Å². The number of rotatable bonds is 9. The number of hydrogen-bond donors (Lipinski definition) is 0. The molecule has 0 bridgehead atoms. The highest BCUT2D eigenvalue weighted by molar-refractivity contribution is 5.67. The molecule has 2 aromatic carbocycles. The van der Waals surface area contributed by atoms with E-state index in [1.54, 1.807) is 0 Å². The van der Waals surface area contributed by atoms with Gasteiger partial charge >= 0.3 is 5.97 Å². The summed E-state index contributed by atoms with van der Waals surface area (Å²) in [7, 11) is 0. The lowest BCUT2D eigenvalue weighted by atomic mass is 9.99. The van der Waals surface area contributed by atoms with E-state index >= 15 is 0 Å². The third-order valence-electron chi connectivity index (χ3n) is 4.58. The Morgan fingerprint density at radius 3 is 2.00 bits per heavy atom. The van der Waals surface area contributed by atoms with Crippen molar-refractivity contribution in [1.82, 2.24) is 0 Å². The first kappa shape index (κ1) is 19.2. The molecule has 1 atom stereocenters. The molecule has 0 aliphatic heterocycles. The Balaban J connectivity index is 1.92. The zero-order valence-corrected chi connectivity index (χ0v) is 15.8. The average molecular weight is 338 g/mol. The van der Waals surface area contributed by atoms with Crippen LogP contribution in [0.2, 0.25) is 0 Å². The predicted octanol–water partition coefficient (Wildman–Crippen LogP) is 6.49. The van der Waals surface area contributed by atoms with E-state index in [0.717, 1.165) is 5.56 Å². The molecule has 0 spiro atoms. The lowest BCUT2D eigenvalue weighted by Crippen LogP contribution is -2.04. The topological polar surface area (TPSA) is 26.3 Å². The summed E-state index contributed by atoms with van der Waals surface area (Å²) < 4.78 is 5.22. The van der Waals surface area contributed by atoms with E-state index in [-0.39, 0.29) is 12.1 Å². The van der Waals surface area contributed by atoms with Crippen molar-refractivity contribution in [1.29, 1.82) is 0 Å². The lowest BCUT2D eigenvalue weighted by molar-refractivity contribution is -0.145. The van der Waals surface area contributed by atoms with Gasteiger partial charge in [0.05, 0.1) is 0 Å². The van der Waals surface area contributed by atoms with Crippen LogP contribution >= 0.6 is 0 Å². The second-order valence-electron chi connectivity index (χ2n) is 6.73. The number of hydrogen-bond acceptors (Lipinski definition) is 2. The fourth-order valence-electron chi connectivity index (χ4n) is 3.06. The van der Waals surface area contributed by atoms with E-state index in [2.05, 4.69) is 43.3 Å². The molecule has 0 radical (unpaired) electrons. The van der Waals surface area contributed by atoms with E-state index in [0.29, 0.717) is 0 Å². The molecule has 25 heavy (non-hydrogen) atoms. The van der Waals surface area contributed by atoms with Gasteiger partial charge in [-0.2, -0.15) is 0 Å². The van der Waals surface area contributed by atoms with Crippen LogP contribution in [0.5, 0.6) is 0 Å². The molecule has 2 nitrogen and oxygen atoms in total. The maximum absolute atomic E-state index is 11.1. The Morgan fingerprint density at radius 1 is 0.880 bits per heavy atom. The van der Waals surface area contributed by atoms with Gasteiger partial charge in [-0.05, 0) is 42.0 Å². The molecule has 134 valence electrons. The minimum Gasteiger partial charge on any atom is -0.458 e. The summed E-state index contributed by atoms with van der Waals surface area (Å²) >= 11 is 0. The first-order valence-corrected chi connectivity index (χ1v) is 9.46. The van der Waals surface area contributed by atoms with Crippen molar-refractivity contribution >= 4 is 5.97 Å². The van der Waals surface area contributed by atoms with Crippen LogP contribution < -0.4 is 0 Å². The number of carbonyl (C=O) groups excluding carboxylic acids is 1. The third-order valence-corrected chi connectivity index (χ3v) is 4.58. The van der Waals surface area contributed by atoms with Crippen molar-refractivity contribution in [2.75, 3.05) is 0 Å². The maximum atomic E-state index is 11.1. The number of carbonyl (C=O) groups is 1. The quantitative estimate of drug-likeness (QED) is 0.386. The standard InChI is InChI=1S/C23H30O2/c1-4-5-6-7-8-9-20-10-12-22(13-11-20)23-16-14-21(15-17-23)18(2)25-19(3)24/h10-18H,4-9H2,1-3H3. The highest BCUT2D eigenvalue weighted by Gasteiger charge is 2.08. The summed E-state index contributed by atoms with van der Waals surface area (Å²) in [5.41, 5.74) is 4.85. The summed E-state index contributed by atoms with van der Waals surface area (Å²) in [4.78, 5) is 11.1. The van der Waals surface area contributed by atoms with Crippen molar-refractivity contribution in [3.8, 4) is 11.1 Å². The Labute approximate surface area is 152 Å². The van der Waals surface area contributed by atoms with Crippen LogP contribution in [-0.4, -0.2) is 5.97 Å². The van der Waals surface area contributed by atoms with Gasteiger partial charge < -0.3 is 4.74 Å². The summed E-state index contributed by atoms with van der Waals surface area (Å²) in [5, 5.41) is 0. The monoisotopic (exact) mass is 338 g/mol. The molecule has 1 unspecified atom stereocenters. The molecule has 0 N–H and O–H groups in total. The zero-order chi connectivity index (χ0) is 18.1. The number of aryl methyl sites for hydroxylation is 1. The van der Waals surface area contributed by atoms with Crippen LogP contribution in [0.25, 0.3) is 11.1 Å². The highest BCUT2D eigenvalue weighted by atomic mass is 16.5. The van der Waals surface area contributed by atoms with Crippen LogP contribution in [0.1, 0.15) is 70.1 Å². The van der Waals surface area contributed by atoms with Crippen LogP contribution in [0.15, 0.2) is 48.5 Å². The smallest absolute Gasteiger partial charge is 0.303 e. The van der Waals surface area contributed by atoms with Crippen molar-refractivity contribution in [2.45, 2.75) is 65.4 Å². The number of ether oxygens (including phenoxy) is 1. The van der Waals surface area contributed by atoms with E-state index in [9.17, 15) is 4.79 Å². The first-order chi connectivity index (χ1) is 12.1. The van der Waals surface area contributed by atoms with Crippen LogP contribution in [0.3, 0.4) is 0 Å². The molecule has 0 fully saturated rings. The molecule has 0 aliphatic rings. The third kappa shape index (κ3) is 6.38. The molecule has 0 aromatic heterocycles. The molecule has 0 amide bonds. The Kier molecular flexibility index (Phi) is 7.72. The van der Waals surface area contributed by atoms with E-state index in [1.165, 1.54) is 62.1 Å². The minimum absolute atomic E-state index is 0.207. The average Bonchev–Trinajstić information content (AvgIpc) is 2.62. The Morgan fingerprint density at radius 2 is 1.44 bits per heavy atom. The molecule has 0 heterocycles. The number of esters is 1. The summed E-state index contributed by atoms with van der Waals surface area (Å²) in [6, 6.07) is 17.1. The lowest BCUT2D eigenvalue weighted by Gasteiger charge is -2.13. The molecule has 2 heteroatoms.